The third-order valence-corrected chi connectivity index (χ3v) is 2.92. The van der Waals surface area contributed by atoms with E-state index in [2.05, 4.69) is 9.97 Å². The zero-order chi connectivity index (χ0) is 13.8. The average molecular weight is 279 g/mol. The van der Waals surface area contributed by atoms with Crippen molar-refractivity contribution in [2.45, 2.75) is 0 Å². The van der Waals surface area contributed by atoms with E-state index >= 15 is 0 Å². The van der Waals surface area contributed by atoms with Crippen molar-refractivity contribution in [1.29, 1.82) is 0 Å². The van der Waals surface area contributed by atoms with Gasteiger partial charge in [-0.25, -0.2) is 9.97 Å². The van der Waals surface area contributed by atoms with E-state index in [1.807, 2.05) is 0 Å². The molecule has 1 heterocycles. The number of halogens is 1. The van der Waals surface area contributed by atoms with Crippen molar-refractivity contribution in [3.63, 3.8) is 0 Å². The minimum atomic E-state index is 0.102. The van der Waals surface area contributed by atoms with Crippen molar-refractivity contribution in [3.05, 3.63) is 35.2 Å². The summed E-state index contributed by atoms with van der Waals surface area (Å²) in [4.78, 5) is 19.0. The van der Waals surface area contributed by atoms with E-state index < -0.39 is 0 Å². The van der Waals surface area contributed by atoms with E-state index in [0.717, 1.165) is 0 Å². The van der Waals surface area contributed by atoms with Crippen LogP contribution >= 0.6 is 11.6 Å². The molecule has 0 N–H and O–H groups in total. The topological polar surface area (TPSA) is 61.3 Å². The number of aromatic nitrogens is 2. The molecule has 2 aromatic rings. The standard InChI is InChI=1S/C13H11ClN2O3/c1-18-8-3-4-11(19-2)9(5-8)12-10(6-17)13(14)16-7-15-12/h3-7H,1-2H3. The lowest BCUT2D eigenvalue weighted by Gasteiger charge is -2.11. The molecule has 0 spiro atoms. The number of carbonyl (C=O) groups is 1. The molecule has 1 aromatic carbocycles. The van der Waals surface area contributed by atoms with Gasteiger partial charge in [-0.2, -0.15) is 0 Å². The van der Waals surface area contributed by atoms with Gasteiger partial charge in [-0.05, 0) is 18.2 Å². The van der Waals surface area contributed by atoms with Crippen LogP contribution in [-0.2, 0) is 0 Å². The van der Waals surface area contributed by atoms with Crippen LogP contribution in [0, 0.1) is 0 Å². The molecular weight excluding hydrogens is 268 g/mol. The van der Waals surface area contributed by atoms with Gasteiger partial charge in [0.05, 0.1) is 25.5 Å². The first kappa shape index (κ1) is 13.3. The monoisotopic (exact) mass is 278 g/mol. The van der Waals surface area contributed by atoms with Crippen molar-refractivity contribution < 1.29 is 14.3 Å². The summed E-state index contributed by atoms with van der Waals surface area (Å²) in [5, 5.41) is 0.102. The van der Waals surface area contributed by atoms with Crippen LogP contribution in [0.5, 0.6) is 11.5 Å². The summed E-state index contributed by atoms with van der Waals surface area (Å²) in [7, 11) is 3.09. The number of methoxy groups -OCH3 is 2. The predicted molar refractivity (Wildman–Crippen MR) is 71.0 cm³/mol. The quantitative estimate of drug-likeness (QED) is 0.635. The Hall–Kier alpha value is -2.14. The number of rotatable bonds is 4. The van der Waals surface area contributed by atoms with Crippen molar-refractivity contribution in [3.8, 4) is 22.8 Å². The smallest absolute Gasteiger partial charge is 0.155 e. The predicted octanol–water partition coefficient (Wildman–Crippen LogP) is 2.63. The van der Waals surface area contributed by atoms with E-state index in [-0.39, 0.29) is 10.7 Å². The first-order valence-electron chi connectivity index (χ1n) is 5.39. The molecule has 0 aliphatic heterocycles. The van der Waals surface area contributed by atoms with Crippen molar-refractivity contribution in [2.75, 3.05) is 14.2 Å². The Bertz CT molecular complexity index is 617. The number of aldehydes is 1. The Morgan fingerprint density at radius 1 is 1.21 bits per heavy atom. The maximum atomic E-state index is 11.1. The summed E-state index contributed by atoms with van der Waals surface area (Å²) in [5.74, 6) is 1.20. The van der Waals surface area contributed by atoms with Gasteiger partial charge in [0, 0.05) is 5.56 Å². The average Bonchev–Trinajstić information content (AvgIpc) is 2.46. The summed E-state index contributed by atoms with van der Waals surface area (Å²) >= 11 is 5.89. The van der Waals surface area contributed by atoms with Crippen LogP contribution in [-0.4, -0.2) is 30.5 Å². The third-order valence-electron chi connectivity index (χ3n) is 2.61. The third kappa shape index (κ3) is 2.51. The van der Waals surface area contributed by atoms with Gasteiger partial charge in [-0.15, -0.1) is 0 Å². The highest BCUT2D eigenvalue weighted by atomic mass is 35.5. The molecule has 0 saturated carbocycles. The highest BCUT2D eigenvalue weighted by Gasteiger charge is 2.16. The molecule has 0 bridgehead atoms. The van der Waals surface area contributed by atoms with Crippen LogP contribution in [0.25, 0.3) is 11.3 Å². The molecule has 19 heavy (non-hydrogen) atoms. The Kier molecular flexibility index (Phi) is 3.97. The Morgan fingerprint density at radius 3 is 2.63 bits per heavy atom. The van der Waals surface area contributed by atoms with Gasteiger partial charge in [0.1, 0.15) is 23.0 Å². The van der Waals surface area contributed by atoms with Crippen molar-refractivity contribution in [1.82, 2.24) is 9.97 Å². The van der Waals surface area contributed by atoms with Crippen LogP contribution in [0.15, 0.2) is 24.5 Å². The lowest BCUT2D eigenvalue weighted by atomic mass is 10.1. The molecule has 2 rings (SSSR count). The molecular formula is C13H11ClN2O3. The van der Waals surface area contributed by atoms with Crippen LogP contribution in [0.2, 0.25) is 5.15 Å². The number of ether oxygens (including phenoxy) is 2. The molecule has 0 fully saturated rings. The Balaban J connectivity index is 2.70. The second-order valence-electron chi connectivity index (χ2n) is 3.61. The molecule has 1 aromatic heterocycles. The minimum absolute atomic E-state index is 0.102. The zero-order valence-electron chi connectivity index (χ0n) is 10.4. The van der Waals surface area contributed by atoms with Crippen LogP contribution in [0.3, 0.4) is 0 Å². The summed E-state index contributed by atoms with van der Waals surface area (Å²) in [6.45, 7) is 0. The molecule has 5 nitrogen and oxygen atoms in total. The van der Waals surface area contributed by atoms with E-state index in [9.17, 15) is 4.79 Å². The first-order chi connectivity index (χ1) is 9.21. The highest BCUT2D eigenvalue weighted by molar-refractivity contribution is 6.32. The maximum absolute atomic E-state index is 11.1. The maximum Gasteiger partial charge on any atom is 0.155 e. The minimum Gasteiger partial charge on any atom is -0.497 e. The zero-order valence-corrected chi connectivity index (χ0v) is 11.1. The molecule has 0 aliphatic carbocycles. The van der Waals surface area contributed by atoms with Gasteiger partial charge in [-0.1, -0.05) is 11.6 Å². The molecule has 0 radical (unpaired) electrons. The van der Waals surface area contributed by atoms with Gasteiger partial charge < -0.3 is 9.47 Å². The Labute approximate surface area is 115 Å². The van der Waals surface area contributed by atoms with Crippen LogP contribution < -0.4 is 9.47 Å². The number of benzene rings is 1. The summed E-state index contributed by atoms with van der Waals surface area (Å²) < 4.78 is 10.4. The molecule has 0 saturated heterocycles. The van der Waals surface area contributed by atoms with E-state index in [1.54, 1.807) is 25.3 Å². The van der Waals surface area contributed by atoms with Gasteiger partial charge in [0.25, 0.3) is 0 Å². The summed E-state index contributed by atoms with van der Waals surface area (Å²) in [5.41, 5.74) is 1.25. The SMILES string of the molecule is COc1ccc(OC)c(-c2ncnc(Cl)c2C=O)c1. The lowest BCUT2D eigenvalue weighted by molar-refractivity contribution is 0.112. The molecule has 0 atom stereocenters. The van der Waals surface area contributed by atoms with Gasteiger partial charge in [0.15, 0.2) is 6.29 Å². The number of carbonyl (C=O) groups excluding carboxylic acids is 1. The lowest BCUT2D eigenvalue weighted by Crippen LogP contribution is -1.98. The second kappa shape index (κ2) is 5.67. The first-order valence-corrected chi connectivity index (χ1v) is 5.77. The summed E-state index contributed by atoms with van der Waals surface area (Å²) in [6.07, 6.45) is 1.92. The number of hydrogen-bond acceptors (Lipinski definition) is 5. The molecule has 6 heteroatoms. The van der Waals surface area contributed by atoms with Crippen molar-refractivity contribution >= 4 is 17.9 Å². The fourth-order valence-electron chi connectivity index (χ4n) is 1.69. The Morgan fingerprint density at radius 2 is 2.00 bits per heavy atom. The number of hydrogen-bond donors (Lipinski definition) is 0. The van der Waals surface area contributed by atoms with E-state index in [4.69, 9.17) is 21.1 Å². The highest BCUT2D eigenvalue weighted by Crippen LogP contribution is 2.34. The molecule has 98 valence electrons. The van der Waals surface area contributed by atoms with Gasteiger partial charge >= 0.3 is 0 Å². The fraction of sp³-hybridized carbons (Fsp3) is 0.154. The molecule has 0 unspecified atom stereocenters. The summed E-state index contributed by atoms with van der Waals surface area (Å²) in [6, 6.07) is 5.22. The second-order valence-corrected chi connectivity index (χ2v) is 3.97. The van der Waals surface area contributed by atoms with E-state index in [1.165, 1.54) is 13.4 Å². The van der Waals surface area contributed by atoms with Crippen LogP contribution in [0.1, 0.15) is 10.4 Å². The molecule has 0 aliphatic rings. The fourth-order valence-corrected chi connectivity index (χ4v) is 1.87. The van der Waals surface area contributed by atoms with Crippen molar-refractivity contribution in [2.24, 2.45) is 0 Å². The normalized spacial score (nSPS) is 10.1. The van der Waals surface area contributed by atoms with Gasteiger partial charge in [-0.3, -0.25) is 4.79 Å². The molecule has 0 amide bonds. The van der Waals surface area contributed by atoms with E-state index in [0.29, 0.717) is 29.0 Å². The largest absolute Gasteiger partial charge is 0.497 e. The van der Waals surface area contributed by atoms with Crippen LogP contribution in [0.4, 0.5) is 0 Å². The van der Waals surface area contributed by atoms with Gasteiger partial charge in [0.2, 0.25) is 0 Å². The number of nitrogens with zero attached hydrogens (tertiary/aromatic N) is 2.